The minimum Gasteiger partial charge on any atom is -0.444 e. The summed E-state index contributed by atoms with van der Waals surface area (Å²) in [5.41, 5.74) is 2.74. The Morgan fingerprint density at radius 2 is 1.86 bits per heavy atom. The molecule has 0 unspecified atom stereocenters. The molecule has 1 atom stereocenters. The number of morpholine rings is 1. The molecule has 1 saturated carbocycles. The highest BCUT2D eigenvalue weighted by Crippen LogP contribution is 2.34. The molecule has 2 aliphatic heterocycles. The monoisotopic (exact) mass is 494 g/mol. The van der Waals surface area contributed by atoms with Crippen LogP contribution in [0.15, 0.2) is 24.3 Å². The van der Waals surface area contributed by atoms with Crippen LogP contribution in [0.25, 0.3) is 11.4 Å². The van der Waals surface area contributed by atoms with E-state index in [0.29, 0.717) is 43.9 Å². The Bertz CT molecular complexity index is 1140. The maximum Gasteiger partial charge on any atom is 0.410 e. The topological polar surface area (TPSA) is 109 Å². The SMILES string of the molecule is C[C@H]1COCCN1c1nc(-c2ccc(NC(=O)NC3CC3)cc2)nc2c1CN(C(=O)OC(C)(C)C)C2. The summed E-state index contributed by atoms with van der Waals surface area (Å²) in [7, 11) is 0. The standard InChI is InChI=1S/C26H34N6O4/c1-16-15-35-12-11-32(16)23-20-13-31(25(34)36-26(2,3)4)14-21(20)29-22(30-23)17-5-7-18(8-6-17)27-24(33)28-19-9-10-19/h5-8,16,19H,9-15H2,1-4H3,(H2,27,28,33)/t16-/m0/s1. The van der Waals surface area contributed by atoms with E-state index < -0.39 is 5.60 Å². The first kappa shape index (κ1) is 24.3. The maximum absolute atomic E-state index is 12.8. The summed E-state index contributed by atoms with van der Waals surface area (Å²) < 4.78 is 11.3. The van der Waals surface area contributed by atoms with Crippen molar-refractivity contribution in [1.82, 2.24) is 20.2 Å². The molecule has 1 aliphatic carbocycles. The third kappa shape index (κ3) is 5.53. The number of carbonyl (C=O) groups excluding carboxylic acids is 2. The smallest absolute Gasteiger partial charge is 0.410 e. The van der Waals surface area contributed by atoms with E-state index in [1.54, 1.807) is 4.90 Å². The number of fused-ring (bicyclic) bond motifs is 1. The van der Waals surface area contributed by atoms with Crippen molar-refractivity contribution in [3.63, 3.8) is 0 Å². The number of benzene rings is 1. The van der Waals surface area contributed by atoms with E-state index in [2.05, 4.69) is 22.5 Å². The number of carbonyl (C=O) groups is 2. The van der Waals surface area contributed by atoms with Gasteiger partial charge in [-0.3, -0.25) is 4.90 Å². The van der Waals surface area contributed by atoms with Gasteiger partial charge in [0.15, 0.2) is 5.82 Å². The van der Waals surface area contributed by atoms with Gasteiger partial charge in [0, 0.05) is 29.4 Å². The lowest BCUT2D eigenvalue weighted by atomic mass is 10.1. The van der Waals surface area contributed by atoms with E-state index in [4.69, 9.17) is 19.4 Å². The number of aromatic nitrogens is 2. The van der Waals surface area contributed by atoms with Crippen LogP contribution in [-0.2, 0) is 22.6 Å². The summed E-state index contributed by atoms with van der Waals surface area (Å²) in [6.45, 7) is 10.4. The van der Waals surface area contributed by atoms with Gasteiger partial charge in [-0.25, -0.2) is 19.6 Å². The van der Waals surface area contributed by atoms with Gasteiger partial charge in [-0.05, 0) is 64.8 Å². The molecule has 3 heterocycles. The summed E-state index contributed by atoms with van der Waals surface area (Å²) >= 11 is 0. The molecule has 36 heavy (non-hydrogen) atoms. The molecule has 10 heteroatoms. The fraction of sp³-hybridized carbons (Fsp3) is 0.538. The first-order valence-electron chi connectivity index (χ1n) is 12.6. The molecule has 2 aromatic rings. The van der Waals surface area contributed by atoms with Crippen LogP contribution in [0, 0.1) is 0 Å². The molecule has 3 amide bonds. The highest BCUT2D eigenvalue weighted by molar-refractivity contribution is 5.89. The molecule has 1 aromatic heterocycles. The van der Waals surface area contributed by atoms with Crippen molar-refractivity contribution >= 4 is 23.6 Å². The van der Waals surface area contributed by atoms with Crippen molar-refractivity contribution in [1.29, 1.82) is 0 Å². The number of hydrogen-bond donors (Lipinski definition) is 2. The van der Waals surface area contributed by atoms with Gasteiger partial charge in [-0.1, -0.05) is 0 Å². The fourth-order valence-corrected chi connectivity index (χ4v) is 4.38. The van der Waals surface area contributed by atoms with Crippen molar-refractivity contribution in [3.05, 3.63) is 35.5 Å². The molecular weight excluding hydrogens is 460 g/mol. The number of amides is 3. The van der Waals surface area contributed by atoms with Crippen molar-refractivity contribution < 1.29 is 19.1 Å². The Hall–Kier alpha value is -3.40. The van der Waals surface area contributed by atoms with Gasteiger partial charge in [0.05, 0.1) is 38.0 Å². The van der Waals surface area contributed by atoms with Crippen molar-refractivity contribution in [3.8, 4) is 11.4 Å². The van der Waals surface area contributed by atoms with Gasteiger partial charge in [0.1, 0.15) is 11.4 Å². The highest BCUT2D eigenvalue weighted by Gasteiger charge is 2.34. The normalized spacial score (nSPS) is 19.6. The fourth-order valence-electron chi connectivity index (χ4n) is 4.38. The number of nitrogens with one attached hydrogen (secondary N) is 2. The Kier molecular flexibility index (Phi) is 6.46. The first-order chi connectivity index (χ1) is 17.2. The molecule has 0 spiro atoms. The quantitative estimate of drug-likeness (QED) is 0.663. The van der Waals surface area contributed by atoms with Gasteiger partial charge < -0.3 is 25.0 Å². The summed E-state index contributed by atoms with van der Waals surface area (Å²) in [6, 6.07) is 7.77. The van der Waals surface area contributed by atoms with Crippen LogP contribution in [0.1, 0.15) is 51.8 Å². The Balaban J connectivity index is 1.42. The summed E-state index contributed by atoms with van der Waals surface area (Å²) in [6.07, 6.45) is 1.72. The average molecular weight is 495 g/mol. The molecule has 1 saturated heterocycles. The molecule has 5 rings (SSSR count). The van der Waals surface area contributed by atoms with E-state index >= 15 is 0 Å². The number of urea groups is 1. The zero-order chi connectivity index (χ0) is 25.4. The summed E-state index contributed by atoms with van der Waals surface area (Å²) in [5.74, 6) is 1.42. The van der Waals surface area contributed by atoms with Gasteiger partial charge in [-0.2, -0.15) is 0 Å². The second-order valence-corrected chi connectivity index (χ2v) is 10.7. The largest absolute Gasteiger partial charge is 0.444 e. The van der Waals surface area contributed by atoms with Crippen LogP contribution in [0.5, 0.6) is 0 Å². The molecule has 192 valence electrons. The molecular formula is C26H34N6O4. The number of anilines is 2. The van der Waals surface area contributed by atoms with E-state index in [0.717, 1.165) is 42.0 Å². The Morgan fingerprint density at radius 3 is 2.53 bits per heavy atom. The lowest BCUT2D eigenvalue weighted by Gasteiger charge is -2.35. The minimum atomic E-state index is -0.574. The van der Waals surface area contributed by atoms with Crippen LogP contribution in [0.4, 0.5) is 21.1 Å². The summed E-state index contributed by atoms with van der Waals surface area (Å²) in [4.78, 5) is 38.6. The predicted molar refractivity (Wildman–Crippen MR) is 136 cm³/mol. The lowest BCUT2D eigenvalue weighted by molar-refractivity contribution is 0.0240. The van der Waals surface area contributed by atoms with Crippen LogP contribution >= 0.6 is 0 Å². The van der Waals surface area contributed by atoms with Gasteiger partial charge in [0.25, 0.3) is 0 Å². The minimum absolute atomic E-state index is 0.151. The number of hydrogen-bond acceptors (Lipinski definition) is 7. The van der Waals surface area contributed by atoms with Crippen LogP contribution in [0.2, 0.25) is 0 Å². The zero-order valence-electron chi connectivity index (χ0n) is 21.3. The van der Waals surface area contributed by atoms with Crippen molar-refractivity contribution in [2.45, 2.75) is 71.3 Å². The van der Waals surface area contributed by atoms with Crippen molar-refractivity contribution in [2.75, 3.05) is 30.0 Å². The second kappa shape index (κ2) is 9.57. The summed E-state index contributed by atoms with van der Waals surface area (Å²) in [5, 5.41) is 5.79. The molecule has 3 aliphatic rings. The molecule has 2 fully saturated rings. The first-order valence-corrected chi connectivity index (χ1v) is 12.6. The predicted octanol–water partition coefficient (Wildman–Crippen LogP) is 3.90. The van der Waals surface area contributed by atoms with Gasteiger partial charge in [-0.15, -0.1) is 0 Å². The number of nitrogens with zero attached hydrogens (tertiary/aromatic N) is 4. The van der Waals surface area contributed by atoms with Crippen LogP contribution in [-0.4, -0.2) is 64.4 Å². The zero-order valence-corrected chi connectivity index (χ0v) is 21.3. The highest BCUT2D eigenvalue weighted by atomic mass is 16.6. The maximum atomic E-state index is 12.8. The number of rotatable bonds is 4. The Morgan fingerprint density at radius 1 is 1.11 bits per heavy atom. The van der Waals surface area contributed by atoms with E-state index in [1.165, 1.54) is 0 Å². The second-order valence-electron chi connectivity index (χ2n) is 10.7. The van der Waals surface area contributed by atoms with Gasteiger partial charge in [0.2, 0.25) is 0 Å². The third-order valence-corrected chi connectivity index (χ3v) is 6.37. The van der Waals surface area contributed by atoms with Crippen LogP contribution < -0.4 is 15.5 Å². The molecule has 10 nitrogen and oxygen atoms in total. The molecule has 2 N–H and O–H groups in total. The van der Waals surface area contributed by atoms with Crippen LogP contribution in [0.3, 0.4) is 0 Å². The molecule has 0 bridgehead atoms. The molecule has 0 radical (unpaired) electrons. The molecule has 1 aromatic carbocycles. The third-order valence-electron chi connectivity index (χ3n) is 6.37. The lowest BCUT2D eigenvalue weighted by Crippen LogP contribution is -2.44. The van der Waals surface area contributed by atoms with E-state index in [1.807, 2.05) is 45.0 Å². The number of ether oxygens (including phenoxy) is 2. The Labute approximate surface area is 211 Å². The van der Waals surface area contributed by atoms with Gasteiger partial charge >= 0.3 is 12.1 Å². The van der Waals surface area contributed by atoms with E-state index in [9.17, 15) is 9.59 Å². The van der Waals surface area contributed by atoms with Crippen molar-refractivity contribution in [2.24, 2.45) is 0 Å². The average Bonchev–Trinajstić information content (AvgIpc) is 3.52. The van der Waals surface area contributed by atoms with E-state index in [-0.39, 0.29) is 18.2 Å².